The number of hydrogen-bond acceptors (Lipinski definition) is 2. The van der Waals surface area contributed by atoms with E-state index in [9.17, 15) is 0 Å². The molecule has 1 aromatic rings. The highest BCUT2D eigenvalue weighted by molar-refractivity contribution is 5.22. The maximum absolute atomic E-state index is 5.69. The van der Waals surface area contributed by atoms with Gasteiger partial charge in [-0.2, -0.15) is 5.10 Å². The summed E-state index contributed by atoms with van der Waals surface area (Å²) in [5.74, 6) is 0. The van der Waals surface area contributed by atoms with Crippen LogP contribution < -0.4 is 5.73 Å². The van der Waals surface area contributed by atoms with Crippen LogP contribution in [0.5, 0.6) is 0 Å². The van der Waals surface area contributed by atoms with Crippen molar-refractivity contribution in [2.45, 2.75) is 40.3 Å². The van der Waals surface area contributed by atoms with E-state index in [0.717, 1.165) is 12.2 Å². The van der Waals surface area contributed by atoms with Crippen LogP contribution in [0.25, 0.3) is 0 Å². The average Bonchev–Trinajstić information content (AvgIpc) is 2.17. The van der Waals surface area contributed by atoms with Gasteiger partial charge in [-0.25, -0.2) is 0 Å². The van der Waals surface area contributed by atoms with Gasteiger partial charge in [0, 0.05) is 11.7 Å². The Bertz CT molecular complexity index is 274. The molecule has 0 fully saturated rings. The number of aromatic nitrogens is 2. The summed E-state index contributed by atoms with van der Waals surface area (Å²) in [6, 6.07) is 0.169. The molecule has 0 aliphatic rings. The minimum atomic E-state index is 0.169. The van der Waals surface area contributed by atoms with Gasteiger partial charge in [-0.3, -0.25) is 4.68 Å². The van der Waals surface area contributed by atoms with E-state index >= 15 is 0 Å². The van der Waals surface area contributed by atoms with Gasteiger partial charge in [0.1, 0.15) is 0 Å². The van der Waals surface area contributed by atoms with Gasteiger partial charge in [0.05, 0.1) is 12.2 Å². The molecule has 3 nitrogen and oxygen atoms in total. The molecule has 0 radical (unpaired) electrons. The first-order valence-corrected chi connectivity index (χ1v) is 4.28. The second-order valence-electron chi connectivity index (χ2n) is 3.46. The monoisotopic (exact) mass is 167 g/mol. The highest BCUT2D eigenvalue weighted by atomic mass is 15.3. The topological polar surface area (TPSA) is 43.8 Å². The fourth-order valence-electron chi connectivity index (χ4n) is 1.24. The van der Waals surface area contributed by atoms with Gasteiger partial charge in [0.25, 0.3) is 0 Å². The number of rotatable bonds is 2. The van der Waals surface area contributed by atoms with Crippen LogP contribution in [0.15, 0.2) is 0 Å². The summed E-state index contributed by atoms with van der Waals surface area (Å²) < 4.78 is 1.98. The number of aryl methyl sites for hydroxylation is 1. The van der Waals surface area contributed by atoms with Crippen molar-refractivity contribution in [3.05, 3.63) is 17.0 Å². The lowest BCUT2D eigenvalue weighted by molar-refractivity contribution is 0.525. The molecule has 0 aromatic carbocycles. The Kier molecular flexibility index (Phi) is 2.52. The van der Waals surface area contributed by atoms with Crippen molar-refractivity contribution in [1.29, 1.82) is 0 Å². The van der Waals surface area contributed by atoms with Gasteiger partial charge < -0.3 is 5.73 Å². The third-order valence-corrected chi connectivity index (χ3v) is 2.20. The van der Waals surface area contributed by atoms with E-state index in [1.807, 2.05) is 18.5 Å². The predicted molar refractivity (Wildman–Crippen MR) is 50.1 cm³/mol. The summed E-state index contributed by atoms with van der Waals surface area (Å²) in [7, 11) is 0. The third kappa shape index (κ3) is 1.67. The molecule has 2 N–H and O–H groups in total. The van der Waals surface area contributed by atoms with E-state index in [0.29, 0.717) is 0 Å². The van der Waals surface area contributed by atoms with E-state index in [-0.39, 0.29) is 6.04 Å². The quantitative estimate of drug-likeness (QED) is 0.718. The smallest absolute Gasteiger partial charge is 0.0625 e. The van der Waals surface area contributed by atoms with Crippen molar-refractivity contribution >= 4 is 0 Å². The van der Waals surface area contributed by atoms with Crippen LogP contribution in [0.3, 0.4) is 0 Å². The normalized spacial score (nSPS) is 13.4. The molecule has 0 saturated carbocycles. The molecule has 0 aliphatic carbocycles. The number of nitrogens with zero attached hydrogens (tertiary/aromatic N) is 2. The average molecular weight is 167 g/mol. The van der Waals surface area contributed by atoms with Crippen molar-refractivity contribution in [2.75, 3.05) is 0 Å². The predicted octanol–water partition coefficient (Wildman–Crippen LogP) is 1.16. The van der Waals surface area contributed by atoms with Crippen LogP contribution in [-0.4, -0.2) is 15.8 Å². The molecule has 3 heteroatoms. The molecule has 0 saturated heterocycles. The zero-order chi connectivity index (χ0) is 9.30. The van der Waals surface area contributed by atoms with Crippen LogP contribution in [0.2, 0.25) is 0 Å². The molecule has 1 atom stereocenters. The molecule has 0 unspecified atom stereocenters. The molecule has 1 aromatic heterocycles. The van der Waals surface area contributed by atoms with E-state index in [1.165, 1.54) is 11.3 Å². The van der Waals surface area contributed by atoms with E-state index in [2.05, 4.69) is 18.9 Å². The second-order valence-corrected chi connectivity index (χ2v) is 3.46. The van der Waals surface area contributed by atoms with Crippen LogP contribution in [0, 0.1) is 20.8 Å². The summed E-state index contributed by atoms with van der Waals surface area (Å²) in [5, 5.41) is 4.39. The molecule has 12 heavy (non-hydrogen) atoms. The van der Waals surface area contributed by atoms with Gasteiger partial charge in [-0.15, -0.1) is 0 Å². The Morgan fingerprint density at radius 2 is 2.00 bits per heavy atom. The van der Waals surface area contributed by atoms with E-state index in [4.69, 9.17) is 5.73 Å². The van der Waals surface area contributed by atoms with Crippen molar-refractivity contribution in [2.24, 2.45) is 5.73 Å². The Morgan fingerprint density at radius 3 is 2.33 bits per heavy atom. The lowest BCUT2D eigenvalue weighted by Crippen LogP contribution is -2.23. The number of nitrogens with two attached hydrogens (primary N) is 1. The molecule has 0 bridgehead atoms. The van der Waals surface area contributed by atoms with Gasteiger partial charge >= 0.3 is 0 Å². The fourth-order valence-corrected chi connectivity index (χ4v) is 1.24. The third-order valence-electron chi connectivity index (χ3n) is 2.20. The lowest BCUT2D eigenvalue weighted by atomic mass is 10.2. The van der Waals surface area contributed by atoms with Crippen molar-refractivity contribution in [3.63, 3.8) is 0 Å². The SMILES string of the molecule is Cc1nn(C[C@H](C)N)c(C)c1C. The second kappa shape index (κ2) is 3.27. The maximum Gasteiger partial charge on any atom is 0.0625 e. The summed E-state index contributed by atoms with van der Waals surface area (Å²) >= 11 is 0. The van der Waals surface area contributed by atoms with Crippen LogP contribution in [-0.2, 0) is 6.54 Å². The molecule has 0 aliphatic heterocycles. The summed E-state index contributed by atoms with van der Waals surface area (Å²) in [5.41, 5.74) is 9.30. The first-order chi connectivity index (χ1) is 5.52. The minimum Gasteiger partial charge on any atom is -0.326 e. The van der Waals surface area contributed by atoms with Crippen molar-refractivity contribution in [3.8, 4) is 0 Å². The molecule has 0 amide bonds. The Balaban J connectivity index is 2.93. The Morgan fingerprint density at radius 1 is 1.42 bits per heavy atom. The first-order valence-electron chi connectivity index (χ1n) is 4.28. The van der Waals surface area contributed by atoms with E-state index < -0.39 is 0 Å². The highest BCUT2D eigenvalue weighted by Crippen LogP contribution is 2.10. The standard InChI is InChI=1S/C9H17N3/c1-6(10)5-12-9(4)7(2)8(3)11-12/h6H,5,10H2,1-4H3/t6-/m0/s1. The van der Waals surface area contributed by atoms with Crippen LogP contribution in [0.1, 0.15) is 23.9 Å². The van der Waals surface area contributed by atoms with Crippen LogP contribution >= 0.6 is 0 Å². The van der Waals surface area contributed by atoms with Crippen molar-refractivity contribution in [1.82, 2.24) is 9.78 Å². The zero-order valence-corrected chi connectivity index (χ0v) is 8.26. The summed E-state index contributed by atoms with van der Waals surface area (Å²) in [4.78, 5) is 0. The van der Waals surface area contributed by atoms with Gasteiger partial charge in [-0.05, 0) is 33.3 Å². The maximum atomic E-state index is 5.69. The lowest BCUT2D eigenvalue weighted by Gasteiger charge is -2.06. The summed E-state index contributed by atoms with van der Waals surface area (Å²) in [6.45, 7) is 9.00. The zero-order valence-electron chi connectivity index (χ0n) is 8.26. The molecule has 1 heterocycles. The van der Waals surface area contributed by atoms with Gasteiger partial charge in [0.15, 0.2) is 0 Å². The van der Waals surface area contributed by atoms with Crippen LogP contribution in [0.4, 0.5) is 0 Å². The number of hydrogen-bond donors (Lipinski definition) is 1. The molecule has 1 rings (SSSR count). The molecular weight excluding hydrogens is 150 g/mol. The first kappa shape index (κ1) is 9.26. The molecule has 68 valence electrons. The van der Waals surface area contributed by atoms with Crippen molar-refractivity contribution < 1.29 is 0 Å². The van der Waals surface area contributed by atoms with E-state index in [1.54, 1.807) is 0 Å². The van der Waals surface area contributed by atoms with Gasteiger partial charge in [0.2, 0.25) is 0 Å². The minimum absolute atomic E-state index is 0.169. The molecule has 0 spiro atoms. The Hall–Kier alpha value is -0.830. The Labute approximate surface area is 73.6 Å². The summed E-state index contributed by atoms with van der Waals surface area (Å²) in [6.07, 6.45) is 0. The molecular formula is C9H17N3. The van der Waals surface area contributed by atoms with Gasteiger partial charge in [-0.1, -0.05) is 0 Å². The highest BCUT2D eigenvalue weighted by Gasteiger charge is 2.07. The largest absolute Gasteiger partial charge is 0.326 e. The fraction of sp³-hybridized carbons (Fsp3) is 0.667.